The minimum atomic E-state index is -0.0167. The number of rotatable bonds is 3. The van der Waals surface area contributed by atoms with Gasteiger partial charge in [-0.1, -0.05) is 29.8 Å². The number of hydrogen-bond donors (Lipinski definition) is 2. The molecule has 0 spiro atoms. The van der Waals surface area contributed by atoms with E-state index in [1.807, 2.05) is 18.2 Å². The number of fused-ring (bicyclic) bond motifs is 1. The molecule has 4 nitrogen and oxygen atoms in total. The normalized spacial score (nSPS) is 15.3. The number of carbonyl (C=O) groups excluding carboxylic acids is 1. The average molecular weight is 312 g/mol. The molecule has 1 aromatic rings. The number of nitrogens with zero attached hydrogens (tertiary/aromatic N) is 1. The highest BCUT2D eigenvalue weighted by Crippen LogP contribution is 2.33. The number of benzene rings is 1. The van der Waals surface area contributed by atoms with Gasteiger partial charge in [-0.05, 0) is 30.2 Å². The summed E-state index contributed by atoms with van der Waals surface area (Å²) in [6, 6.07) is 5.87. The van der Waals surface area contributed by atoms with Crippen molar-refractivity contribution in [2.45, 2.75) is 13.8 Å². The van der Waals surface area contributed by atoms with E-state index in [2.05, 4.69) is 40.0 Å². The maximum atomic E-state index is 11.7. The Morgan fingerprint density at radius 2 is 2.22 bits per heavy atom. The van der Waals surface area contributed by atoms with Crippen molar-refractivity contribution in [2.75, 3.05) is 29.9 Å². The Morgan fingerprint density at radius 3 is 2.89 bits per heavy atom. The molecule has 0 aliphatic carbocycles. The van der Waals surface area contributed by atoms with E-state index in [0.717, 1.165) is 22.4 Å². The molecule has 98 valence electrons. The van der Waals surface area contributed by atoms with Gasteiger partial charge < -0.3 is 16.0 Å². The van der Waals surface area contributed by atoms with Crippen molar-refractivity contribution in [3.05, 3.63) is 22.7 Å². The minimum Gasteiger partial charge on any atom is -0.360 e. The van der Waals surface area contributed by atoms with Crippen LogP contribution >= 0.6 is 15.9 Å². The van der Waals surface area contributed by atoms with Gasteiger partial charge in [0.15, 0.2) is 0 Å². The van der Waals surface area contributed by atoms with Gasteiger partial charge in [0.2, 0.25) is 5.91 Å². The molecule has 0 radical (unpaired) electrons. The zero-order valence-electron chi connectivity index (χ0n) is 10.7. The van der Waals surface area contributed by atoms with Crippen LogP contribution in [0, 0.1) is 5.41 Å². The van der Waals surface area contributed by atoms with Crippen molar-refractivity contribution in [1.82, 2.24) is 0 Å². The van der Waals surface area contributed by atoms with Gasteiger partial charge in [-0.2, -0.15) is 0 Å². The van der Waals surface area contributed by atoms with Gasteiger partial charge >= 0.3 is 0 Å². The lowest BCUT2D eigenvalue weighted by Crippen LogP contribution is -2.45. The van der Waals surface area contributed by atoms with Crippen molar-refractivity contribution in [3.8, 4) is 0 Å². The number of nitrogens with one attached hydrogen (secondary N) is 1. The molecule has 0 saturated carbocycles. The fourth-order valence-corrected chi connectivity index (χ4v) is 2.39. The van der Waals surface area contributed by atoms with Crippen LogP contribution < -0.4 is 16.0 Å². The molecular weight excluding hydrogens is 294 g/mol. The summed E-state index contributed by atoms with van der Waals surface area (Å²) in [5, 5.41) is 2.89. The Kier molecular flexibility index (Phi) is 3.64. The number of anilines is 2. The van der Waals surface area contributed by atoms with Crippen LogP contribution in [0.25, 0.3) is 0 Å². The van der Waals surface area contributed by atoms with Crippen LogP contribution in [0.1, 0.15) is 13.8 Å². The molecule has 1 aliphatic rings. The van der Waals surface area contributed by atoms with Crippen LogP contribution in [0.3, 0.4) is 0 Å². The zero-order chi connectivity index (χ0) is 13.3. The zero-order valence-corrected chi connectivity index (χ0v) is 12.3. The molecule has 0 fully saturated rings. The molecule has 3 N–H and O–H groups in total. The van der Waals surface area contributed by atoms with E-state index in [-0.39, 0.29) is 11.3 Å². The van der Waals surface area contributed by atoms with E-state index in [0.29, 0.717) is 13.1 Å². The van der Waals surface area contributed by atoms with Crippen LogP contribution in [-0.4, -0.2) is 25.5 Å². The summed E-state index contributed by atoms with van der Waals surface area (Å²) in [6.07, 6.45) is 0. The van der Waals surface area contributed by atoms with E-state index in [1.165, 1.54) is 0 Å². The molecule has 0 aromatic heterocycles. The Balaban J connectivity index is 2.32. The molecule has 0 saturated heterocycles. The lowest BCUT2D eigenvalue weighted by Gasteiger charge is -2.36. The third-order valence-electron chi connectivity index (χ3n) is 3.08. The predicted molar refractivity (Wildman–Crippen MR) is 77.8 cm³/mol. The highest BCUT2D eigenvalue weighted by atomic mass is 79.9. The summed E-state index contributed by atoms with van der Waals surface area (Å²) in [5.74, 6) is 0.0256. The highest BCUT2D eigenvalue weighted by molar-refractivity contribution is 9.10. The molecule has 18 heavy (non-hydrogen) atoms. The second-order valence-corrected chi connectivity index (χ2v) is 6.35. The maximum Gasteiger partial charge on any atom is 0.243 e. The van der Waals surface area contributed by atoms with Crippen LogP contribution in [0.4, 0.5) is 11.4 Å². The average Bonchev–Trinajstić information content (AvgIpc) is 2.29. The van der Waals surface area contributed by atoms with Crippen LogP contribution in [-0.2, 0) is 4.79 Å². The number of halogens is 1. The van der Waals surface area contributed by atoms with E-state index < -0.39 is 0 Å². The fraction of sp³-hybridized carbons (Fsp3) is 0.462. The highest BCUT2D eigenvalue weighted by Gasteiger charge is 2.27. The van der Waals surface area contributed by atoms with Gasteiger partial charge in [0.25, 0.3) is 0 Å². The standard InChI is InChI=1S/C13H18BrN3O/c1-13(2,7-15)8-17-6-12(18)16-10-4-3-9(14)5-11(10)17/h3-5H,6-8,15H2,1-2H3,(H,16,18). The molecule has 0 bridgehead atoms. The summed E-state index contributed by atoms with van der Waals surface area (Å²) >= 11 is 3.47. The smallest absolute Gasteiger partial charge is 0.243 e. The molecule has 1 heterocycles. The monoisotopic (exact) mass is 311 g/mol. The van der Waals surface area contributed by atoms with Gasteiger partial charge in [0.05, 0.1) is 17.9 Å². The second-order valence-electron chi connectivity index (χ2n) is 5.43. The van der Waals surface area contributed by atoms with Gasteiger partial charge in [-0.3, -0.25) is 4.79 Å². The lowest BCUT2D eigenvalue weighted by atomic mass is 9.92. The van der Waals surface area contributed by atoms with E-state index >= 15 is 0 Å². The van der Waals surface area contributed by atoms with Gasteiger partial charge in [0.1, 0.15) is 0 Å². The summed E-state index contributed by atoms with van der Waals surface area (Å²) < 4.78 is 1.01. The molecule has 1 amide bonds. The third-order valence-corrected chi connectivity index (χ3v) is 3.57. The SMILES string of the molecule is CC(C)(CN)CN1CC(=O)Nc2ccc(Br)cc21. The first-order chi connectivity index (χ1) is 8.41. The number of hydrogen-bond acceptors (Lipinski definition) is 3. The van der Waals surface area contributed by atoms with Crippen LogP contribution in [0.5, 0.6) is 0 Å². The molecule has 5 heteroatoms. The Morgan fingerprint density at radius 1 is 1.50 bits per heavy atom. The minimum absolute atomic E-state index is 0.0167. The summed E-state index contributed by atoms with van der Waals surface area (Å²) in [7, 11) is 0. The van der Waals surface area contributed by atoms with E-state index in [9.17, 15) is 4.79 Å². The Bertz CT molecular complexity index is 473. The first kappa shape index (κ1) is 13.4. The summed E-state index contributed by atoms with van der Waals surface area (Å²) in [6.45, 7) is 5.95. The van der Waals surface area contributed by atoms with Crippen molar-refractivity contribution in [2.24, 2.45) is 11.1 Å². The molecule has 0 atom stereocenters. The number of amides is 1. The van der Waals surface area contributed by atoms with Crippen molar-refractivity contribution >= 4 is 33.2 Å². The molecule has 1 aliphatic heterocycles. The predicted octanol–water partition coefficient (Wildman–Crippen LogP) is 2.19. The quantitative estimate of drug-likeness (QED) is 0.899. The molecular formula is C13H18BrN3O. The summed E-state index contributed by atoms with van der Waals surface area (Å²) in [5.41, 5.74) is 7.66. The lowest BCUT2D eigenvalue weighted by molar-refractivity contribution is -0.115. The van der Waals surface area contributed by atoms with Crippen molar-refractivity contribution in [3.63, 3.8) is 0 Å². The second kappa shape index (κ2) is 4.90. The van der Waals surface area contributed by atoms with E-state index in [4.69, 9.17) is 5.73 Å². The van der Waals surface area contributed by atoms with Gasteiger partial charge in [0, 0.05) is 11.0 Å². The summed E-state index contributed by atoms with van der Waals surface area (Å²) in [4.78, 5) is 13.8. The Labute approximate surface area is 116 Å². The van der Waals surface area contributed by atoms with E-state index in [1.54, 1.807) is 0 Å². The van der Waals surface area contributed by atoms with Crippen LogP contribution in [0.15, 0.2) is 22.7 Å². The molecule has 0 unspecified atom stereocenters. The fourth-order valence-electron chi connectivity index (χ4n) is 2.04. The Hall–Kier alpha value is -1.07. The first-order valence-corrected chi connectivity index (χ1v) is 6.75. The molecule has 1 aromatic carbocycles. The van der Waals surface area contributed by atoms with Crippen LogP contribution in [0.2, 0.25) is 0 Å². The third kappa shape index (κ3) is 2.84. The first-order valence-electron chi connectivity index (χ1n) is 5.96. The van der Waals surface area contributed by atoms with Crippen molar-refractivity contribution < 1.29 is 4.79 Å². The number of carbonyl (C=O) groups is 1. The number of nitrogens with two attached hydrogens (primary N) is 1. The van der Waals surface area contributed by atoms with Gasteiger partial charge in [-0.25, -0.2) is 0 Å². The topological polar surface area (TPSA) is 58.4 Å². The van der Waals surface area contributed by atoms with Crippen molar-refractivity contribution in [1.29, 1.82) is 0 Å². The molecule has 2 rings (SSSR count). The van der Waals surface area contributed by atoms with Gasteiger partial charge in [-0.15, -0.1) is 0 Å². The largest absolute Gasteiger partial charge is 0.360 e. The maximum absolute atomic E-state index is 11.7.